The van der Waals surface area contributed by atoms with Crippen molar-refractivity contribution in [3.63, 3.8) is 0 Å². The van der Waals surface area contributed by atoms with Gasteiger partial charge in [0.2, 0.25) is 0 Å². The third-order valence-electron chi connectivity index (χ3n) is 3.72. The SMILES string of the molecule is CC(C)CCC1(CN2CCC2)CC1. The summed E-state index contributed by atoms with van der Waals surface area (Å²) >= 11 is 0. The van der Waals surface area contributed by atoms with Gasteiger partial charge in [0.1, 0.15) is 0 Å². The molecule has 0 radical (unpaired) electrons. The summed E-state index contributed by atoms with van der Waals surface area (Å²) in [5, 5.41) is 0. The van der Waals surface area contributed by atoms with Crippen molar-refractivity contribution in [3.8, 4) is 0 Å². The predicted molar refractivity (Wildman–Crippen MR) is 56.8 cm³/mol. The van der Waals surface area contributed by atoms with Gasteiger partial charge in [0, 0.05) is 6.54 Å². The van der Waals surface area contributed by atoms with Gasteiger partial charge >= 0.3 is 0 Å². The lowest BCUT2D eigenvalue weighted by molar-refractivity contribution is 0.137. The normalized spacial score (nSPS) is 26.1. The Morgan fingerprint density at radius 3 is 2.31 bits per heavy atom. The highest BCUT2D eigenvalue weighted by Crippen LogP contribution is 2.51. The van der Waals surface area contributed by atoms with E-state index in [0.29, 0.717) is 0 Å². The van der Waals surface area contributed by atoms with Crippen LogP contribution in [0, 0.1) is 11.3 Å². The van der Waals surface area contributed by atoms with Crippen LogP contribution in [0.3, 0.4) is 0 Å². The van der Waals surface area contributed by atoms with Crippen molar-refractivity contribution in [2.75, 3.05) is 19.6 Å². The quantitative estimate of drug-likeness (QED) is 0.630. The summed E-state index contributed by atoms with van der Waals surface area (Å²) < 4.78 is 0. The summed E-state index contributed by atoms with van der Waals surface area (Å²) in [5.41, 5.74) is 0.782. The molecule has 0 aromatic rings. The molecule has 1 nitrogen and oxygen atoms in total. The molecule has 2 aliphatic rings. The fraction of sp³-hybridized carbons (Fsp3) is 1.00. The van der Waals surface area contributed by atoms with Gasteiger partial charge in [0.05, 0.1) is 0 Å². The minimum Gasteiger partial charge on any atom is -0.303 e. The fourth-order valence-corrected chi connectivity index (χ4v) is 2.27. The van der Waals surface area contributed by atoms with E-state index in [1.54, 1.807) is 0 Å². The lowest BCUT2D eigenvalue weighted by Gasteiger charge is -2.34. The van der Waals surface area contributed by atoms with Gasteiger partial charge in [-0.3, -0.25) is 0 Å². The van der Waals surface area contributed by atoms with E-state index in [-0.39, 0.29) is 0 Å². The molecule has 76 valence electrons. The van der Waals surface area contributed by atoms with E-state index in [0.717, 1.165) is 11.3 Å². The molecule has 0 atom stereocenters. The zero-order valence-corrected chi connectivity index (χ0v) is 9.18. The lowest BCUT2D eigenvalue weighted by Crippen LogP contribution is -2.41. The Morgan fingerprint density at radius 2 is 1.92 bits per heavy atom. The van der Waals surface area contributed by atoms with Crippen molar-refractivity contribution in [1.29, 1.82) is 0 Å². The fourth-order valence-electron chi connectivity index (χ4n) is 2.27. The van der Waals surface area contributed by atoms with Crippen LogP contribution < -0.4 is 0 Å². The van der Waals surface area contributed by atoms with Gasteiger partial charge < -0.3 is 4.90 Å². The van der Waals surface area contributed by atoms with Crippen molar-refractivity contribution in [2.45, 2.75) is 46.0 Å². The summed E-state index contributed by atoms with van der Waals surface area (Å²) in [5.74, 6) is 0.897. The van der Waals surface area contributed by atoms with E-state index in [9.17, 15) is 0 Å². The molecule has 0 bridgehead atoms. The molecule has 0 amide bonds. The van der Waals surface area contributed by atoms with Crippen molar-refractivity contribution in [1.82, 2.24) is 4.90 Å². The Bertz CT molecular complexity index is 166. The van der Waals surface area contributed by atoms with Gasteiger partial charge in [0.25, 0.3) is 0 Å². The topological polar surface area (TPSA) is 3.24 Å². The van der Waals surface area contributed by atoms with Crippen molar-refractivity contribution < 1.29 is 0 Å². The van der Waals surface area contributed by atoms with Crippen LogP contribution in [0.2, 0.25) is 0 Å². The third-order valence-corrected chi connectivity index (χ3v) is 3.72. The van der Waals surface area contributed by atoms with Crippen LogP contribution in [0.5, 0.6) is 0 Å². The van der Waals surface area contributed by atoms with Gasteiger partial charge in [-0.1, -0.05) is 20.3 Å². The molecule has 2 rings (SSSR count). The van der Waals surface area contributed by atoms with Gasteiger partial charge in [-0.25, -0.2) is 0 Å². The second-order valence-corrected chi connectivity index (χ2v) is 5.56. The van der Waals surface area contributed by atoms with Crippen LogP contribution in [-0.2, 0) is 0 Å². The summed E-state index contributed by atoms with van der Waals surface area (Å²) in [4.78, 5) is 2.65. The molecule has 0 N–H and O–H groups in total. The molecule has 0 aromatic carbocycles. The number of likely N-dealkylation sites (tertiary alicyclic amines) is 1. The molecule has 0 aromatic heterocycles. The Kier molecular flexibility index (Phi) is 2.64. The summed E-state index contributed by atoms with van der Waals surface area (Å²) in [6, 6.07) is 0. The summed E-state index contributed by atoms with van der Waals surface area (Å²) in [6.07, 6.45) is 7.39. The van der Waals surface area contributed by atoms with Crippen LogP contribution >= 0.6 is 0 Å². The van der Waals surface area contributed by atoms with Crippen molar-refractivity contribution in [3.05, 3.63) is 0 Å². The van der Waals surface area contributed by atoms with Crippen LogP contribution in [0.4, 0.5) is 0 Å². The largest absolute Gasteiger partial charge is 0.303 e. The molecular weight excluding hydrogens is 158 g/mol. The molecule has 2 fully saturated rings. The van der Waals surface area contributed by atoms with Gasteiger partial charge in [-0.15, -0.1) is 0 Å². The second-order valence-electron chi connectivity index (χ2n) is 5.56. The first kappa shape index (κ1) is 9.51. The summed E-state index contributed by atoms with van der Waals surface area (Å²) in [7, 11) is 0. The van der Waals surface area contributed by atoms with Gasteiger partial charge in [-0.2, -0.15) is 0 Å². The first-order valence-corrected chi connectivity index (χ1v) is 5.93. The Morgan fingerprint density at radius 1 is 1.23 bits per heavy atom. The minimum absolute atomic E-state index is 0.782. The molecule has 1 aliphatic heterocycles. The molecule has 0 spiro atoms. The first-order chi connectivity index (χ1) is 6.20. The van der Waals surface area contributed by atoms with Crippen LogP contribution in [-0.4, -0.2) is 24.5 Å². The maximum atomic E-state index is 2.65. The highest BCUT2D eigenvalue weighted by molar-refractivity contribution is 4.96. The highest BCUT2D eigenvalue weighted by atomic mass is 15.2. The molecule has 1 aliphatic carbocycles. The monoisotopic (exact) mass is 181 g/mol. The van der Waals surface area contributed by atoms with Crippen molar-refractivity contribution in [2.24, 2.45) is 11.3 Å². The Labute approximate surface area is 82.5 Å². The number of nitrogens with zero attached hydrogens (tertiary/aromatic N) is 1. The highest BCUT2D eigenvalue weighted by Gasteiger charge is 2.43. The zero-order chi connectivity index (χ0) is 9.31. The predicted octanol–water partition coefficient (Wildman–Crippen LogP) is 2.91. The molecule has 1 saturated carbocycles. The lowest BCUT2D eigenvalue weighted by atomic mass is 9.94. The molecule has 13 heavy (non-hydrogen) atoms. The Hall–Kier alpha value is -0.0400. The molecule has 1 heteroatoms. The van der Waals surface area contributed by atoms with E-state index in [2.05, 4.69) is 18.7 Å². The van der Waals surface area contributed by atoms with Crippen LogP contribution in [0.25, 0.3) is 0 Å². The average Bonchev–Trinajstić information content (AvgIpc) is 2.75. The average molecular weight is 181 g/mol. The Balaban J connectivity index is 1.69. The van der Waals surface area contributed by atoms with Gasteiger partial charge in [-0.05, 0) is 50.1 Å². The molecule has 0 unspecified atom stereocenters. The summed E-state index contributed by atoms with van der Waals surface area (Å²) in [6.45, 7) is 8.87. The van der Waals surface area contributed by atoms with Crippen LogP contribution in [0.15, 0.2) is 0 Å². The molecule has 1 heterocycles. The standard InChI is InChI=1S/C12H23N/c1-11(2)4-5-12(6-7-12)10-13-8-3-9-13/h11H,3-10H2,1-2H3. The van der Waals surface area contributed by atoms with Crippen LogP contribution in [0.1, 0.15) is 46.0 Å². The van der Waals surface area contributed by atoms with E-state index < -0.39 is 0 Å². The smallest absolute Gasteiger partial charge is 0.00380 e. The first-order valence-electron chi connectivity index (χ1n) is 5.93. The number of rotatable bonds is 5. The minimum atomic E-state index is 0.782. The van der Waals surface area contributed by atoms with E-state index in [1.165, 1.54) is 51.7 Å². The van der Waals surface area contributed by atoms with E-state index in [1.807, 2.05) is 0 Å². The molecule has 1 saturated heterocycles. The maximum Gasteiger partial charge on any atom is 0.00380 e. The zero-order valence-electron chi connectivity index (χ0n) is 9.18. The number of hydrogen-bond donors (Lipinski definition) is 0. The van der Waals surface area contributed by atoms with Crippen molar-refractivity contribution >= 4 is 0 Å². The molecular formula is C12H23N. The number of hydrogen-bond acceptors (Lipinski definition) is 1. The third kappa shape index (κ3) is 2.46. The van der Waals surface area contributed by atoms with E-state index in [4.69, 9.17) is 0 Å². The van der Waals surface area contributed by atoms with E-state index >= 15 is 0 Å². The van der Waals surface area contributed by atoms with Gasteiger partial charge in [0.15, 0.2) is 0 Å². The maximum absolute atomic E-state index is 2.65. The second kappa shape index (κ2) is 3.61.